The Hall–Kier alpha value is -2.37. The number of aliphatic carboxylic acids is 1. The lowest BCUT2D eigenvalue weighted by Gasteiger charge is -2.09. The number of carbonyl (C=O) groups is 2. The summed E-state index contributed by atoms with van der Waals surface area (Å²) in [4.78, 5) is 27.2. The van der Waals surface area contributed by atoms with Crippen molar-refractivity contribution in [3.63, 3.8) is 0 Å². The van der Waals surface area contributed by atoms with Gasteiger partial charge in [-0.15, -0.1) is 0 Å². The highest BCUT2D eigenvalue weighted by Gasteiger charge is 2.27. The third-order valence-corrected chi connectivity index (χ3v) is 4.56. The average Bonchev–Trinajstić information content (AvgIpc) is 2.92. The van der Waals surface area contributed by atoms with Crippen LogP contribution in [0.2, 0.25) is 10.0 Å². The highest BCUT2D eigenvalue weighted by Crippen LogP contribution is 2.34. The fourth-order valence-corrected chi connectivity index (χ4v) is 3.00. The molecule has 0 saturated carbocycles. The Kier molecular flexibility index (Phi) is 4.54. The van der Waals surface area contributed by atoms with Crippen LogP contribution in [0.15, 0.2) is 36.4 Å². The molecule has 0 saturated heterocycles. The molecule has 2 aromatic carbocycles. The van der Waals surface area contributed by atoms with Gasteiger partial charge in [0.1, 0.15) is 5.82 Å². The smallest absolute Gasteiger partial charge is 0.310 e. The molecule has 1 heterocycles. The molecule has 25 heavy (non-hydrogen) atoms. The van der Waals surface area contributed by atoms with Crippen molar-refractivity contribution in [1.82, 2.24) is 4.98 Å². The van der Waals surface area contributed by atoms with Crippen LogP contribution in [0.25, 0.3) is 10.9 Å². The largest absolute Gasteiger partial charge is 0.481 e. The van der Waals surface area contributed by atoms with E-state index in [0.29, 0.717) is 21.5 Å². The minimum atomic E-state index is -1.12. The van der Waals surface area contributed by atoms with Crippen molar-refractivity contribution in [2.45, 2.75) is 12.8 Å². The number of nitrogens with one attached hydrogen (secondary N) is 1. The Morgan fingerprint density at radius 3 is 2.40 bits per heavy atom. The number of H-pyrrole nitrogens is 1. The number of aromatic nitrogens is 1. The molecule has 7 heteroatoms. The van der Waals surface area contributed by atoms with Gasteiger partial charge in [-0.25, -0.2) is 4.39 Å². The SMILES string of the molecule is CC(C(=O)O)c1c(C(=O)c2ccc(Cl)cc2)[nH]c2cc(Cl)c(F)cc12. The molecule has 0 fully saturated rings. The zero-order valence-electron chi connectivity index (χ0n) is 12.9. The quantitative estimate of drug-likeness (QED) is 0.624. The van der Waals surface area contributed by atoms with E-state index < -0.39 is 23.5 Å². The summed E-state index contributed by atoms with van der Waals surface area (Å²) < 4.78 is 13.9. The second kappa shape index (κ2) is 6.50. The topological polar surface area (TPSA) is 70.2 Å². The maximum atomic E-state index is 13.9. The predicted octanol–water partition coefficient (Wildman–Crippen LogP) is 5.03. The molecule has 2 N–H and O–H groups in total. The summed E-state index contributed by atoms with van der Waals surface area (Å²) in [5.41, 5.74) is 1.04. The van der Waals surface area contributed by atoms with E-state index in [0.717, 1.165) is 6.07 Å². The van der Waals surface area contributed by atoms with Gasteiger partial charge in [-0.05, 0) is 43.3 Å². The second-order valence-corrected chi connectivity index (χ2v) is 6.47. The fourth-order valence-electron chi connectivity index (χ4n) is 2.71. The summed E-state index contributed by atoms with van der Waals surface area (Å²) in [6.45, 7) is 1.44. The van der Waals surface area contributed by atoms with E-state index in [9.17, 15) is 19.1 Å². The maximum Gasteiger partial charge on any atom is 0.310 e. The molecular formula is C18H12Cl2FNO3. The number of aromatic amines is 1. The normalized spacial score (nSPS) is 12.3. The zero-order chi connectivity index (χ0) is 18.3. The van der Waals surface area contributed by atoms with Gasteiger partial charge in [0.15, 0.2) is 0 Å². The number of carboxylic acids is 1. The minimum Gasteiger partial charge on any atom is -0.481 e. The summed E-state index contributed by atoms with van der Waals surface area (Å²) >= 11 is 11.6. The van der Waals surface area contributed by atoms with Gasteiger partial charge in [-0.2, -0.15) is 0 Å². The number of fused-ring (bicyclic) bond motifs is 1. The van der Waals surface area contributed by atoms with Crippen LogP contribution in [0.1, 0.15) is 34.5 Å². The number of hydrogen-bond donors (Lipinski definition) is 2. The molecule has 1 unspecified atom stereocenters. The molecule has 0 bridgehead atoms. The third-order valence-electron chi connectivity index (χ3n) is 4.02. The van der Waals surface area contributed by atoms with E-state index in [1.165, 1.54) is 13.0 Å². The van der Waals surface area contributed by atoms with Gasteiger partial charge in [0, 0.05) is 27.1 Å². The first-order valence-corrected chi connectivity index (χ1v) is 8.09. The summed E-state index contributed by atoms with van der Waals surface area (Å²) in [5, 5.41) is 10.1. The van der Waals surface area contributed by atoms with Crippen LogP contribution in [-0.2, 0) is 4.79 Å². The number of halogens is 3. The van der Waals surface area contributed by atoms with Crippen molar-refractivity contribution < 1.29 is 19.1 Å². The van der Waals surface area contributed by atoms with E-state index in [-0.39, 0.29) is 16.3 Å². The highest BCUT2D eigenvalue weighted by molar-refractivity contribution is 6.31. The number of ketones is 1. The molecule has 3 aromatic rings. The van der Waals surface area contributed by atoms with Crippen molar-refractivity contribution in [3.8, 4) is 0 Å². The van der Waals surface area contributed by atoms with Crippen LogP contribution < -0.4 is 0 Å². The first-order valence-electron chi connectivity index (χ1n) is 7.33. The molecular weight excluding hydrogens is 368 g/mol. The molecule has 0 aliphatic carbocycles. The predicted molar refractivity (Wildman–Crippen MR) is 94.2 cm³/mol. The van der Waals surface area contributed by atoms with Crippen molar-refractivity contribution >= 4 is 45.9 Å². The number of rotatable bonds is 4. The fraction of sp³-hybridized carbons (Fsp3) is 0.111. The second-order valence-electron chi connectivity index (χ2n) is 5.62. The minimum absolute atomic E-state index is 0.0916. The monoisotopic (exact) mass is 379 g/mol. The molecule has 1 aromatic heterocycles. The van der Waals surface area contributed by atoms with Crippen molar-refractivity contribution in [2.24, 2.45) is 0 Å². The van der Waals surface area contributed by atoms with Gasteiger partial charge in [0.25, 0.3) is 0 Å². The lowest BCUT2D eigenvalue weighted by atomic mass is 9.94. The third kappa shape index (κ3) is 3.13. The Morgan fingerprint density at radius 1 is 1.16 bits per heavy atom. The van der Waals surface area contributed by atoms with Gasteiger partial charge in [-0.3, -0.25) is 9.59 Å². The van der Waals surface area contributed by atoms with Crippen molar-refractivity contribution in [1.29, 1.82) is 0 Å². The Balaban J connectivity index is 2.26. The number of carbonyl (C=O) groups excluding carboxylic acids is 1. The highest BCUT2D eigenvalue weighted by atomic mass is 35.5. The lowest BCUT2D eigenvalue weighted by Crippen LogP contribution is -2.13. The van der Waals surface area contributed by atoms with Gasteiger partial charge in [0.05, 0.1) is 16.6 Å². The van der Waals surface area contributed by atoms with Crippen LogP contribution in [0.3, 0.4) is 0 Å². The molecule has 4 nitrogen and oxygen atoms in total. The van der Waals surface area contributed by atoms with E-state index in [2.05, 4.69) is 4.98 Å². The lowest BCUT2D eigenvalue weighted by molar-refractivity contribution is -0.138. The molecule has 0 radical (unpaired) electrons. The van der Waals surface area contributed by atoms with E-state index in [4.69, 9.17) is 23.2 Å². The molecule has 0 aliphatic rings. The Bertz CT molecular complexity index is 996. The summed E-state index contributed by atoms with van der Waals surface area (Å²) in [6.07, 6.45) is 0. The molecule has 128 valence electrons. The van der Waals surface area contributed by atoms with Gasteiger partial charge < -0.3 is 10.1 Å². The van der Waals surface area contributed by atoms with Crippen LogP contribution >= 0.6 is 23.2 Å². The molecule has 1 atom stereocenters. The first kappa shape index (κ1) is 17.5. The van der Waals surface area contributed by atoms with Gasteiger partial charge in [-0.1, -0.05) is 23.2 Å². The number of benzene rings is 2. The van der Waals surface area contributed by atoms with Crippen LogP contribution in [0.5, 0.6) is 0 Å². The average molecular weight is 380 g/mol. The summed E-state index contributed by atoms with van der Waals surface area (Å²) in [6, 6.07) is 8.69. The zero-order valence-corrected chi connectivity index (χ0v) is 14.5. The van der Waals surface area contributed by atoms with Crippen molar-refractivity contribution in [2.75, 3.05) is 0 Å². The molecule has 0 amide bonds. The Morgan fingerprint density at radius 2 is 1.80 bits per heavy atom. The standard InChI is InChI=1S/C18H12Cl2FNO3/c1-8(18(24)25)15-11-6-13(21)12(20)7-14(11)22-16(15)17(23)9-2-4-10(19)5-3-9/h2-8,22H,1H3,(H,24,25). The number of carboxylic acid groups (broad SMARTS) is 1. The van der Waals surface area contributed by atoms with Crippen LogP contribution in [0.4, 0.5) is 4.39 Å². The maximum absolute atomic E-state index is 13.9. The first-order chi connectivity index (χ1) is 11.8. The van der Waals surface area contributed by atoms with Crippen LogP contribution in [-0.4, -0.2) is 21.8 Å². The molecule has 0 aliphatic heterocycles. The van der Waals surface area contributed by atoms with E-state index in [1.807, 2.05) is 0 Å². The molecule has 3 rings (SSSR count). The Labute approximate surface area is 152 Å². The number of hydrogen-bond acceptors (Lipinski definition) is 2. The van der Waals surface area contributed by atoms with Crippen LogP contribution in [0, 0.1) is 5.82 Å². The summed E-state index contributed by atoms with van der Waals surface area (Å²) in [5.74, 6) is -3.23. The summed E-state index contributed by atoms with van der Waals surface area (Å²) in [7, 11) is 0. The van der Waals surface area contributed by atoms with E-state index >= 15 is 0 Å². The van der Waals surface area contributed by atoms with Gasteiger partial charge in [0.2, 0.25) is 5.78 Å². The van der Waals surface area contributed by atoms with Crippen molar-refractivity contribution in [3.05, 3.63) is 69.1 Å². The van der Waals surface area contributed by atoms with Gasteiger partial charge >= 0.3 is 5.97 Å². The van der Waals surface area contributed by atoms with E-state index in [1.54, 1.807) is 24.3 Å². The molecule has 0 spiro atoms.